The minimum Gasteiger partial charge on any atom is -0.502 e. The van der Waals surface area contributed by atoms with Gasteiger partial charge in [-0.05, 0) is 35.9 Å². The van der Waals surface area contributed by atoms with E-state index in [1.54, 1.807) is 12.1 Å². The highest BCUT2D eigenvalue weighted by Crippen LogP contribution is 2.38. The first-order chi connectivity index (χ1) is 12.3. The predicted molar refractivity (Wildman–Crippen MR) is 107 cm³/mol. The number of halogens is 2. The van der Waals surface area contributed by atoms with Crippen molar-refractivity contribution in [1.82, 2.24) is 0 Å². The number of nitro groups is 1. The minimum atomic E-state index is -0.701. The van der Waals surface area contributed by atoms with E-state index in [-0.39, 0.29) is 10.9 Å². The molecule has 2 aromatic rings. The molecule has 1 fully saturated rings. The fourth-order valence-corrected chi connectivity index (χ4v) is 3.83. The van der Waals surface area contributed by atoms with Crippen LogP contribution in [0.4, 0.5) is 11.4 Å². The molecule has 0 saturated carbocycles. The largest absolute Gasteiger partial charge is 0.502 e. The number of phenolic OH excluding ortho intramolecular Hbond substituents is 1. The summed E-state index contributed by atoms with van der Waals surface area (Å²) in [5.74, 6) is -0.829. The molecule has 0 radical (unpaired) electrons. The Kier molecular flexibility index (Phi) is 5.19. The summed E-state index contributed by atoms with van der Waals surface area (Å²) in [6.45, 7) is 0. The normalized spacial score (nSPS) is 15.8. The van der Waals surface area contributed by atoms with Gasteiger partial charge in [-0.2, -0.15) is 0 Å². The molecule has 1 aliphatic rings. The molecule has 10 heteroatoms. The maximum Gasteiger partial charge on any atom is 0.311 e. The Bertz CT molecular complexity index is 994. The average Bonchev–Trinajstić information content (AvgIpc) is 2.85. The second-order valence-corrected chi connectivity index (χ2v) is 7.61. The summed E-state index contributed by atoms with van der Waals surface area (Å²) in [7, 11) is 0. The molecule has 1 heterocycles. The first kappa shape index (κ1) is 18.7. The molecule has 0 aliphatic carbocycles. The zero-order valence-corrected chi connectivity index (χ0v) is 15.8. The van der Waals surface area contributed by atoms with Crippen molar-refractivity contribution in [2.24, 2.45) is 0 Å². The van der Waals surface area contributed by atoms with Crippen molar-refractivity contribution in [2.45, 2.75) is 0 Å². The van der Waals surface area contributed by atoms with Crippen LogP contribution in [0.5, 0.6) is 5.75 Å². The lowest BCUT2D eigenvalue weighted by atomic mass is 10.1. The Morgan fingerprint density at radius 2 is 1.92 bits per heavy atom. The van der Waals surface area contributed by atoms with Crippen molar-refractivity contribution in [1.29, 1.82) is 0 Å². The smallest absolute Gasteiger partial charge is 0.311 e. The van der Waals surface area contributed by atoms with Gasteiger partial charge in [0.1, 0.15) is 0 Å². The van der Waals surface area contributed by atoms with Gasteiger partial charge in [-0.1, -0.05) is 53.2 Å². The van der Waals surface area contributed by atoms with Crippen molar-refractivity contribution in [3.05, 3.63) is 67.0 Å². The van der Waals surface area contributed by atoms with E-state index in [0.717, 1.165) is 11.8 Å². The van der Waals surface area contributed by atoms with Gasteiger partial charge in [0.05, 0.1) is 25.6 Å². The van der Waals surface area contributed by atoms with E-state index in [4.69, 9.17) is 35.4 Å². The number of carbonyl (C=O) groups excluding carboxylic acids is 1. The molecule has 1 saturated heterocycles. The van der Waals surface area contributed by atoms with Crippen molar-refractivity contribution >= 4 is 74.9 Å². The molecule has 0 aromatic heterocycles. The van der Waals surface area contributed by atoms with Gasteiger partial charge in [-0.15, -0.1) is 0 Å². The number of amides is 1. The maximum atomic E-state index is 12.7. The maximum absolute atomic E-state index is 12.7. The first-order valence-corrected chi connectivity index (χ1v) is 8.96. The lowest BCUT2D eigenvalue weighted by Gasteiger charge is -2.15. The summed E-state index contributed by atoms with van der Waals surface area (Å²) in [5.41, 5.74) is 0.421. The number of rotatable bonds is 3. The molecule has 0 spiro atoms. The second-order valence-electron chi connectivity index (χ2n) is 5.12. The summed E-state index contributed by atoms with van der Waals surface area (Å²) in [6.07, 6.45) is 1.48. The monoisotopic (exact) mass is 426 g/mol. The minimum absolute atomic E-state index is 0.288. The van der Waals surface area contributed by atoms with Crippen molar-refractivity contribution < 1.29 is 14.8 Å². The number of anilines is 1. The molecule has 1 N–H and O–H groups in total. The summed E-state index contributed by atoms with van der Waals surface area (Å²) in [5, 5.41) is 21.1. The first-order valence-electron chi connectivity index (χ1n) is 6.98. The van der Waals surface area contributed by atoms with Crippen LogP contribution in [0.2, 0.25) is 10.0 Å². The van der Waals surface area contributed by atoms with Crippen LogP contribution in [0.1, 0.15) is 5.56 Å². The van der Waals surface area contributed by atoms with Crippen LogP contribution >= 0.6 is 47.2 Å². The van der Waals surface area contributed by atoms with Gasteiger partial charge in [0.2, 0.25) is 0 Å². The number of nitrogens with zero attached hydrogens (tertiary/aromatic N) is 2. The van der Waals surface area contributed by atoms with Crippen molar-refractivity contribution in [2.75, 3.05) is 4.90 Å². The zero-order valence-electron chi connectivity index (χ0n) is 12.7. The predicted octanol–water partition coefficient (Wildman–Crippen LogP) is 5.01. The number of thioether (sulfide) groups is 1. The van der Waals surface area contributed by atoms with E-state index < -0.39 is 16.4 Å². The molecule has 0 atom stereocenters. The van der Waals surface area contributed by atoms with Crippen LogP contribution in [0.15, 0.2) is 41.3 Å². The van der Waals surface area contributed by atoms with Gasteiger partial charge in [0.15, 0.2) is 10.1 Å². The molecule has 6 nitrogen and oxygen atoms in total. The topological polar surface area (TPSA) is 83.7 Å². The SMILES string of the molecule is O=C1/C(=C\c2ccc(O)c([N+](=O)[O-])c2)SC(=S)N1c1ccc(Cl)c(Cl)c1. The van der Waals surface area contributed by atoms with Crippen LogP contribution in [0.3, 0.4) is 0 Å². The molecule has 2 aromatic carbocycles. The van der Waals surface area contributed by atoms with Crippen LogP contribution in [-0.4, -0.2) is 20.3 Å². The summed E-state index contributed by atoms with van der Waals surface area (Å²) < 4.78 is 0.299. The fourth-order valence-electron chi connectivity index (χ4n) is 2.24. The average molecular weight is 427 g/mol. The molecular formula is C16H8Cl2N2O4S2. The fraction of sp³-hybridized carbons (Fsp3) is 0. The Morgan fingerprint density at radius 3 is 2.58 bits per heavy atom. The van der Waals surface area contributed by atoms with Crippen LogP contribution in [-0.2, 0) is 4.79 Å². The van der Waals surface area contributed by atoms with Gasteiger partial charge in [0, 0.05) is 6.07 Å². The number of thiocarbonyl (C=S) groups is 1. The number of benzene rings is 2. The Morgan fingerprint density at radius 1 is 1.19 bits per heavy atom. The van der Waals surface area contributed by atoms with E-state index in [2.05, 4.69) is 0 Å². The Balaban J connectivity index is 1.96. The number of phenols is 1. The van der Waals surface area contributed by atoms with Gasteiger partial charge in [0.25, 0.3) is 5.91 Å². The van der Waals surface area contributed by atoms with Crippen molar-refractivity contribution in [3.8, 4) is 5.75 Å². The highest BCUT2D eigenvalue weighted by atomic mass is 35.5. The van der Waals surface area contributed by atoms with E-state index in [9.17, 15) is 20.0 Å². The van der Waals surface area contributed by atoms with E-state index >= 15 is 0 Å². The highest BCUT2D eigenvalue weighted by molar-refractivity contribution is 8.27. The van der Waals surface area contributed by atoms with E-state index in [1.165, 1.54) is 35.2 Å². The van der Waals surface area contributed by atoms with Crippen LogP contribution < -0.4 is 4.90 Å². The molecule has 26 heavy (non-hydrogen) atoms. The van der Waals surface area contributed by atoms with E-state index in [0.29, 0.717) is 25.5 Å². The van der Waals surface area contributed by atoms with Crippen molar-refractivity contribution in [3.63, 3.8) is 0 Å². The zero-order chi connectivity index (χ0) is 19.0. The molecule has 0 unspecified atom stereocenters. The summed E-state index contributed by atoms with van der Waals surface area (Å²) in [6, 6.07) is 8.56. The number of hydrogen-bond acceptors (Lipinski definition) is 6. The van der Waals surface area contributed by atoms with Gasteiger partial charge in [-0.25, -0.2) is 0 Å². The third kappa shape index (κ3) is 3.54. The Labute approximate surface area is 167 Å². The molecular weight excluding hydrogens is 419 g/mol. The number of hydrogen-bond donors (Lipinski definition) is 1. The Hall–Kier alpha value is -2.13. The third-order valence-electron chi connectivity index (χ3n) is 3.45. The lowest BCUT2D eigenvalue weighted by molar-refractivity contribution is -0.385. The summed E-state index contributed by atoms with van der Waals surface area (Å²) >= 11 is 18.2. The molecule has 3 rings (SSSR count). The quantitative estimate of drug-likeness (QED) is 0.321. The number of carbonyl (C=O) groups is 1. The molecule has 0 bridgehead atoms. The molecule has 1 amide bonds. The highest BCUT2D eigenvalue weighted by Gasteiger charge is 2.33. The van der Waals surface area contributed by atoms with Gasteiger partial charge >= 0.3 is 5.69 Å². The lowest BCUT2D eigenvalue weighted by Crippen LogP contribution is -2.27. The molecule has 132 valence electrons. The van der Waals surface area contributed by atoms with Gasteiger partial charge < -0.3 is 5.11 Å². The number of aromatic hydroxyl groups is 1. The molecule has 1 aliphatic heterocycles. The van der Waals surface area contributed by atoms with Gasteiger partial charge in [-0.3, -0.25) is 19.8 Å². The number of nitro benzene ring substituents is 1. The third-order valence-corrected chi connectivity index (χ3v) is 5.49. The van der Waals surface area contributed by atoms with E-state index in [1.807, 2.05) is 0 Å². The van der Waals surface area contributed by atoms with Crippen LogP contribution in [0.25, 0.3) is 6.08 Å². The standard InChI is InChI=1S/C16H8Cl2N2O4S2/c17-10-3-2-9(7-11(10)18)19-15(22)14(26-16(19)25)6-8-1-4-13(21)12(5-8)20(23)24/h1-7,21H/b14-6+. The summed E-state index contributed by atoms with van der Waals surface area (Å²) in [4.78, 5) is 24.5. The van der Waals surface area contributed by atoms with Crippen LogP contribution in [0, 0.1) is 10.1 Å². The second kappa shape index (κ2) is 7.24.